The predicted octanol–water partition coefficient (Wildman–Crippen LogP) is -0.486. The Bertz CT molecular complexity index is 598. The van der Waals surface area contributed by atoms with Gasteiger partial charge in [-0.05, 0) is 0 Å². The van der Waals surface area contributed by atoms with Gasteiger partial charge in [-0.15, -0.1) is 6.58 Å². The van der Waals surface area contributed by atoms with E-state index in [-0.39, 0.29) is 5.56 Å². The number of hydrogen-bond acceptors (Lipinski definition) is 5. The van der Waals surface area contributed by atoms with E-state index in [0.717, 1.165) is 10.8 Å². The molecule has 0 spiro atoms. The molecular weight excluding hydrogens is 236 g/mol. The minimum Gasteiger partial charge on any atom is -0.411 e. The van der Waals surface area contributed by atoms with Crippen LogP contribution in [0.5, 0.6) is 0 Å². The zero-order chi connectivity index (χ0) is 13.9. The van der Waals surface area contributed by atoms with Gasteiger partial charge >= 0.3 is 5.69 Å². The van der Waals surface area contributed by atoms with Crippen LogP contribution in [0.1, 0.15) is 5.56 Å². The number of nitrogens with zero attached hydrogens (tertiary/aromatic N) is 4. The number of rotatable bonds is 4. The number of likely N-dealkylation sites (N-methyl/N-ethyl adjacent to an activating group) is 1. The Morgan fingerprint density at radius 3 is 2.50 bits per heavy atom. The van der Waals surface area contributed by atoms with Crippen molar-refractivity contribution >= 4 is 12.0 Å². The molecule has 18 heavy (non-hydrogen) atoms. The van der Waals surface area contributed by atoms with Crippen LogP contribution >= 0.6 is 0 Å². The average Bonchev–Trinajstić information content (AvgIpc) is 2.34. The fraction of sp³-hybridized carbons (Fsp3) is 0.364. The summed E-state index contributed by atoms with van der Waals surface area (Å²) in [4.78, 5) is 25.5. The van der Waals surface area contributed by atoms with E-state index in [1.165, 1.54) is 11.6 Å². The Morgan fingerprint density at radius 2 is 2.00 bits per heavy atom. The molecule has 1 heterocycles. The maximum Gasteiger partial charge on any atom is 0.332 e. The molecule has 7 nitrogen and oxygen atoms in total. The molecule has 0 aliphatic heterocycles. The zero-order valence-corrected chi connectivity index (χ0v) is 10.6. The van der Waals surface area contributed by atoms with Crippen LogP contribution in [0.4, 0.5) is 5.82 Å². The molecule has 1 aromatic rings. The zero-order valence-electron chi connectivity index (χ0n) is 10.6. The molecule has 0 radical (unpaired) electrons. The van der Waals surface area contributed by atoms with Crippen LogP contribution in [0.3, 0.4) is 0 Å². The number of anilines is 1. The monoisotopic (exact) mass is 252 g/mol. The lowest BCUT2D eigenvalue weighted by Gasteiger charge is -2.22. The van der Waals surface area contributed by atoms with Crippen LogP contribution in [-0.2, 0) is 14.1 Å². The summed E-state index contributed by atoms with van der Waals surface area (Å²) in [5, 5.41) is 11.5. The van der Waals surface area contributed by atoms with Crippen LogP contribution in [0.25, 0.3) is 0 Å². The molecule has 0 unspecified atom stereocenters. The van der Waals surface area contributed by atoms with Crippen LogP contribution < -0.4 is 16.1 Å². The van der Waals surface area contributed by atoms with E-state index in [1.807, 2.05) is 0 Å². The lowest BCUT2D eigenvalue weighted by atomic mass is 10.3. The van der Waals surface area contributed by atoms with Gasteiger partial charge in [-0.3, -0.25) is 13.9 Å². The van der Waals surface area contributed by atoms with Crippen molar-refractivity contribution in [1.29, 1.82) is 0 Å². The minimum absolute atomic E-state index is 0.145. The molecule has 0 aromatic carbocycles. The molecule has 0 amide bonds. The number of hydrogen-bond donors (Lipinski definition) is 1. The fourth-order valence-corrected chi connectivity index (χ4v) is 1.77. The first-order valence-corrected chi connectivity index (χ1v) is 5.25. The van der Waals surface area contributed by atoms with Crippen molar-refractivity contribution in [2.24, 2.45) is 19.3 Å². The van der Waals surface area contributed by atoms with Gasteiger partial charge in [0.1, 0.15) is 11.4 Å². The van der Waals surface area contributed by atoms with Gasteiger partial charge in [0.05, 0.1) is 6.21 Å². The second kappa shape index (κ2) is 5.35. The molecule has 1 N–H and O–H groups in total. The fourth-order valence-electron chi connectivity index (χ4n) is 1.77. The van der Waals surface area contributed by atoms with Gasteiger partial charge < -0.3 is 10.1 Å². The average molecular weight is 252 g/mol. The van der Waals surface area contributed by atoms with E-state index in [2.05, 4.69) is 11.7 Å². The van der Waals surface area contributed by atoms with Crippen molar-refractivity contribution in [2.45, 2.75) is 0 Å². The van der Waals surface area contributed by atoms with Crippen molar-refractivity contribution in [2.75, 3.05) is 18.5 Å². The van der Waals surface area contributed by atoms with Crippen LogP contribution in [0, 0.1) is 0 Å². The largest absolute Gasteiger partial charge is 0.411 e. The van der Waals surface area contributed by atoms with E-state index in [1.54, 1.807) is 25.1 Å². The third-order valence-corrected chi connectivity index (χ3v) is 2.62. The Morgan fingerprint density at radius 1 is 1.39 bits per heavy atom. The second-order valence-corrected chi connectivity index (χ2v) is 3.86. The van der Waals surface area contributed by atoms with E-state index >= 15 is 0 Å². The number of aromatic nitrogens is 2. The Balaban J connectivity index is 3.71. The first kappa shape index (κ1) is 13.8. The molecule has 1 aromatic heterocycles. The highest BCUT2D eigenvalue weighted by Crippen LogP contribution is 2.11. The Kier molecular flexibility index (Phi) is 4.09. The Hall–Kier alpha value is -2.31. The van der Waals surface area contributed by atoms with Crippen LogP contribution in [0.2, 0.25) is 0 Å². The quantitative estimate of drug-likeness (QED) is 0.339. The van der Waals surface area contributed by atoms with Crippen molar-refractivity contribution in [1.82, 2.24) is 9.13 Å². The molecule has 98 valence electrons. The van der Waals surface area contributed by atoms with E-state index < -0.39 is 11.2 Å². The third-order valence-electron chi connectivity index (χ3n) is 2.62. The first-order valence-electron chi connectivity index (χ1n) is 5.25. The van der Waals surface area contributed by atoms with Gasteiger partial charge in [0.15, 0.2) is 0 Å². The maximum absolute atomic E-state index is 12.0. The summed E-state index contributed by atoms with van der Waals surface area (Å²) in [5.41, 5.74) is -0.811. The molecular formula is C11H16N4O3. The van der Waals surface area contributed by atoms with Gasteiger partial charge in [0, 0.05) is 27.7 Å². The molecule has 0 saturated carbocycles. The van der Waals surface area contributed by atoms with E-state index in [0.29, 0.717) is 12.4 Å². The van der Waals surface area contributed by atoms with Crippen molar-refractivity contribution < 1.29 is 5.21 Å². The molecule has 0 fully saturated rings. The topological polar surface area (TPSA) is 79.8 Å². The normalized spacial score (nSPS) is 10.8. The maximum atomic E-state index is 12.0. The molecule has 0 aliphatic rings. The summed E-state index contributed by atoms with van der Waals surface area (Å²) < 4.78 is 2.28. The molecule has 0 atom stereocenters. The molecule has 0 saturated heterocycles. The lowest BCUT2D eigenvalue weighted by Crippen LogP contribution is -2.42. The molecule has 0 bridgehead atoms. The molecule has 0 aliphatic carbocycles. The van der Waals surface area contributed by atoms with Crippen LogP contribution in [-0.4, -0.2) is 34.1 Å². The summed E-state index contributed by atoms with van der Waals surface area (Å²) in [6.45, 7) is 4.05. The molecule has 7 heteroatoms. The van der Waals surface area contributed by atoms with E-state index in [9.17, 15) is 9.59 Å². The highest BCUT2D eigenvalue weighted by Gasteiger charge is 2.16. The van der Waals surface area contributed by atoms with Gasteiger partial charge in [0.2, 0.25) is 0 Å². The summed E-state index contributed by atoms with van der Waals surface area (Å²) in [6, 6.07) is 0. The summed E-state index contributed by atoms with van der Waals surface area (Å²) >= 11 is 0. The highest BCUT2D eigenvalue weighted by molar-refractivity contribution is 5.85. The third kappa shape index (κ3) is 2.20. The van der Waals surface area contributed by atoms with Crippen molar-refractivity contribution in [3.05, 3.63) is 39.1 Å². The van der Waals surface area contributed by atoms with Crippen molar-refractivity contribution in [3.63, 3.8) is 0 Å². The van der Waals surface area contributed by atoms with Crippen molar-refractivity contribution in [3.8, 4) is 0 Å². The Labute approximate surface area is 104 Å². The standard InChI is InChI=1S/C11H16N4O3/c1-5-6-13(2)9-8(7-12-18)10(16)15(4)11(17)14(9)3/h5,7,18H,1,6H2,2-4H3/b12-7+. The minimum atomic E-state index is -0.512. The van der Waals surface area contributed by atoms with Gasteiger partial charge in [0.25, 0.3) is 5.56 Å². The predicted molar refractivity (Wildman–Crippen MR) is 69.8 cm³/mol. The van der Waals surface area contributed by atoms with Gasteiger partial charge in [-0.1, -0.05) is 11.2 Å². The second-order valence-electron chi connectivity index (χ2n) is 3.86. The van der Waals surface area contributed by atoms with Gasteiger partial charge in [-0.25, -0.2) is 4.79 Å². The van der Waals surface area contributed by atoms with Gasteiger partial charge in [-0.2, -0.15) is 0 Å². The smallest absolute Gasteiger partial charge is 0.332 e. The lowest BCUT2D eigenvalue weighted by molar-refractivity contribution is 0.321. The van der Waals surface area contributed by atoms with Crippen LogP contribution in [0.15, 0.2) is 27.4 Å². The number of oxime groups is 1. The highest BCUT2D eigenvalue weighted by atomic mass is 16.4. The molecule has 1 rings (SSSR count). The summed E-state index contributed by atoms with van der Waals surface area (Å²) in [5.74, 6) is 0.376. The van der Waals surface area contributed by atoms with E-state index in [4.69, 9.17) is 5.21 Å². The summed E-state index contributed by atoms with van der Waals surface area (Å²) in [6.07, 6.45) is 2.67. The SMILES string of the molecule is C=CCN(C)c1c(/C=N/O)c(=O)n(C)c(=O)n1C. The summed E-state index contributed by atoms with van der Waals surface area (Å²) in [7, 11) is 4.63. The first-order chi connectivity index (χ1) is 8.45.